The van der Waals surface area contributed by atoms with Gasteiger partial charge in [0.05, 0.1) is 16.6 Å². The molecule has 0 saturated carbocycles. The largest absolute Gasteiger partial charge is 0.510 e. The van der Waals surface area contributed by atoms with E-state index < -0.39 is 5.97 Å². The third-order valence-electron chi connectivity index (χ3n) is 3.20. The van der Waals surface area contributed by atoms with E-state index in [1.54, 1.807) is 11.3 Å². The zero-order valence-electron chi connectivity index (χ0n) is 11.9. The van der Waals surface area contributed by atoms with Gasteiger partial charge in [0.2, 0.25) is 5.91 Å². The first-order chi connectivity index (χ1) is 11.0. The van der Waals surface area contributed by atoms with Crippen molar-refractivity contribution in [3.63, 3.8) is 0 Å². The van der Waals surface area contributed by atoms with Gasteiger partial charge in [0.1, 0.15) is 11.1 Å². The van der Waals surface area contributed by atoms with Crippen LogP contribution in [0, 0.1) is 0 Å². The Morgan fingerprint density at radius 1 is 1.39 bits per heavy atom. The summed E-state index contributed by atoms with van der Waals surface area (Å²) in [6.45, 7) is 1.26. The highest BCUT2D eigenvalue weighted by Gasteiger charge is 2.42. The fraction of sp³-hybridized carbons (Fsp3) is 0.214. The van der Waals surface area contributed by atoms with Crippen molar-refractivity contribution in [2.75, 3.05) is 0 Å². The molecule has 1 atom stereocenters. The number of aromatic nitrogens is 1. The number of benzene rings is 1. The van der Waals surface area contributed by atoms with E-state index >= 15 is 0 Å². The Labute approximate surface area is 143 Å². The van der Waals surface area contributed by atoms with Crippen LogP contribution in [-0.4, -0.2) is 37.3 Å². The van der Waals surface area contributed by atoms with Gasteiger partial charge in [-0.1, -0.05) is 22.9 Å². The Morgan fingerprint density at radius 3 is 2.74 bits per heavy atom. The number of rotatable bonds is 5. The lowest BCUT2D eigenvalue weighted by Crippen LogP contribution is -2.51. The van der Waals surface area contributed by atoms with Crippen LogP contribution in [0.4, 0.5) is 0 Å². The van der Waals surface area contributed by atoms with E-state index in [0.29, 0.717) is 0 Å². The van der Waals surface area contributed by atoms with Crippen LogP contribution < -0.4 is 0 Å². The summed E-state index contributed by atoms with van der Waals surface area (Å²) in [4.78, 5) is 28.6. The van der Waals surface area contributed by atoms with E-state index in [0.717, 1.165) is 19.5 Å². The van der Waals surface area contributed by atoms with Crippen molar-refractivity contribution in [2.24, 2.45) is 0 Å². The van der Waals surface area contributed by atoms with Crippen molar-refractivity contribution >= 4 is 55.0 Å². The number of carboxylic acids is 1. The summed E-state index contributed by atoms with van der Waals surface area (Å²) in [5.74, 6) is -1.99. The smallest absolute Gasteiger partial charge is 0.356 e. The first-order valence-corrected chi connectivity index (χ1v) is 9.64. The molecule has 9 heteroatoms. The minimum absolute atomic E-state index is 0.243. The quantitative estimate of drug-likeness (QED) is 0.361. The van der Waals surface area contributed by atoms with Crippen LogP contribution in [0.1, 0.15) is 13.3 Å². The number of amides is 1. The molecule has 1 aliphatic heterocycles. The second-order valence-corrected chi connectivity index (χ2v) is 8.45. The molecule has 0 radical (unpaired) electrons. The highest BCUT2D eigenvalue weighted by Crippen LogP contribution is 2.45. The van der Waals surface area contributed by atoms with Crippen molar-refractivity contribution in [1.29, 1.82) is 0 Å². The first-order valence-electron chi connectivity index (χ1n) is 6.61. The Hall–Kier alpha value is -1.71. The normalized spacial score (nSPS) is 18.7. The summed E-state index contributed by atoms with van der Waals surface area (Å²) < 4.78 is 1.92. The fourth-order valence-electron chi connectivity index (χ4n) is 2.15. The third kappa shape index (κ3) is 3.17. The summed E-state index contributed by atoms with van der Waals surface area (Å²) in [6, 6.07) is 7.79. The Bertz CT molecular complexity index is 780. The standard InChI is InChI=1S/C14H12N2O4S3/c1-7(17)12(13(19)20)16-10(18)6-11(16)22-23-14-15-8-4-2-3-5-9(8)21-14/h2-5,11,17H,6H2,1H3,(H,19,20)/b12-7+. The molecule has 1 fully saturated rings. The van der Waals surface area contributed by atoms with E-state index in [1.807, 2.05) is 24.3 Å². The number of para-hydroxylation sites is 1. The molecular formula is C14H12N2O4S3. The van der Waals surface area contributed by atoms with Gasteiger partial charge in [-0.05, 0) is 29.9 Å². The minimum atomic E-state index is -1.31. The highest BCUT2D eigenvalue weighted by molar-refractivity contribution is 8.77. The summed E-state index contributed by atoms with van der Waals surface area (Å²) in [6.07, 6.45) is 0.243. The third-order valence-corrected chi connectivity index (χ3v) is 7.20. The van der Waals surface area contributed by atoms with Gasteiger partial charge in [-0.2, -0.15) is 0 Å². The molecule has 0 spiro atoms. The van der Waals surface area contributed by atoms with Crippen molar-refractivity contribution in [2.45, 2.75) is 23.1 Å². The number of carboxylic acid groups (broad SMARTS) is 1. The van der Waals surface area contributed by atoms with Crippen LogP contribution in [0.2, 0.25) is 0 Å². The molecule has 0 bridgehead atoms. The predicted octanol–water partition coefficient (Wildman–Crippen LogP) is 3.47. The number of likely N-dealkylation sites (tertiary alicyclic amines) is 1. The molecule has 1 saturated heterocycles. The molecule has 1 aromatic heterocycles. The van der Waals surface area contributed by atoms with Gasteiger partial charge in [0.15, 0.2) is 10.0 Å². The number of carbonyl (C=O) groups excluding carboxylic acids is 1. The average molecular weight is 368 g/mol. The SMILES string of the molecule is C/C(O)=C(/C(=O)O)N1C(=O)CC1SSc1nc2ccccc2s1. The number of fused-ring (bicyclic) bond motifs is 1. The molecule has 2 N–H and O–H groups in total. The summed E-state index contributed by atoms with van der Waals surface area (Å²) in [5, 5.41) is 18.3. The molecule has 0 aliphatic carbocycles. The fourth-order valence-corrected chi connectivity index (χ4v) is 5.91. The van der Waals surface area contributed by atoms with Crippen molar-refractivity contribution in [3.05, 3.63) is 35.7 Å². The van der Waals surface area contributed by atoms with Gasteiger partial charge in [-0.3, -0.25) is 9.69 Å². The molecule has 1 aliphatic rings. The number of allylic oxidation sites excluding steroid dienone is 1. The molecule has 1 amide bonds. The Balaban J connectivity index is 1.71. The van der Waals surface area contributed by atoms with Gasteiger partial charge in [0.25, 0.3) is 0 Å². The predicted molar refractivity (Wildman–Crippen MR) is 91.3 cm³/mol. The number of aliphatic carboxylic acids is 1. The minimum Gasteiger partial charge on any atom is -0.510 e. The number of carbonyl (C=O) groups is 2. The second kappa shape index (κ2) is 6.42. The lowest BCUT2D eigenvalue weighted by Gasteiger charge is -2.39. The molecule has 2 aromatic rings. The highest BCUT2D eigenvalue weighted by atomic mass is 33.1. The molecule has 1 unspecified atom stereocenters. The van der Waals surface area contributed by atoms with Crippen LogP contribution in [0.15, 0.2) is 40.1 Å². The van der Waals surface area contributed by atoms with E-state index in [9.17, 15) is 14.7 Å². The lowest BCUT2D eigenvalue weighted by molar-refractivity contribution is -0.146. The zero-order chi connectivity index (χ0) is 16.6. The second-order valence-electron chi connectivity index (χ2n) is 4.79. The maximum atomic E-state index is 11.7. The molecule has 1 aromatic carbocycles. The topological polar surface area (TPSA) is 90.7 Å². The molecule has 6 nitrogen and oxygen atoms in total. The first kappa shape index (κ1) is 16.2. The van der Waals surface area contributed by atoms with Gasteiger partial charge >= 0.3 is 5.97 Å². The number of aliphatic hydroxyl groups is 1. The van der Waals surface area contributed by atoms with Gasteiger partial charge in [-0.15, -0.1) is 11.3 Å². The molecular weight excluding hydrogens is 356 g/mol. The Kier molecular flexibility index (Phi) is 4.51. The summed E-state index contributed by atoms with van der Waals surface area (Å²) >= 11 is 1.55. The summed E-state index contributed by atoms with van der Waals surface area (Å²) in [7, 11) is 2.78. The molecule has 3 rings (SSSR count). The maximum absolute atomic E-state index is 11.7. The molecule has 23 heavy (non-hydrogen) atoms. The zero-order valence-corrected chi connectivity index (χ0v) is 14.4. The van der Waals surface area contributed by atoms with E-state index in [-0.39, 0.29) is 29.2 Å². The molecule has 120 valence electrons. The maximum Gasteiger partial charge on any atom is 0.356 e. The van der Waals surface area contributed by atoms with Crippen LogP contribution >= 0.6 is 32.9 Å². The van der Waals surface area contributed by atoms with Crippen LogP contribution in [0.25, 0.3) is 10.2 Å². The van der Waals surface area contributed by atoms with E-state index in [2.05, 4.69) is 4.98 Å². The summed E-state index contributed by atoms with van der Waals surface area (Å²) in [5.41, 5.74) is 0.558. The number of aliphatic hydroxyl groups excluding tert-OH is 1. The lowest BCUT2D eigenvalue weighted by atomic mass is 10.1. The van der Waals surface area contributed by atoms with Crippen LogP contribution in [-0.2, 0) is 9.59 Å². The number of hydrogen-bond acceptors (Lipinski definition) is 7. The number of hydrogen-bond donors (Lipinski definition) is 2. The van der Waals surface area contributed by atoms with Crippen molar-refractivity contribution < 1.29 is 19.8 Å². The van der Waals surface area contributed by atoms with Crippen LogP contribution in [0.5, 0.6) is 0 Å². The van der Waals surface area contributed by atoms with Gasteiger partial charge in [-0.25, -0.2) is 9.78 Å². The number of β-lactam (4-membered cyclic amide) rings is 1. The van der Waals surface area contributed by atoms with Gasteiger partial charge in [0, 0.05) is 0 Å². The average Bonchev–Trinajstić information content (AvgIpc) is 2.90. The monoisotopic (exact) mass is 368 g/mol. The molecule has 2 heterocycles. The van der Waals surface area contributed by atoms with E-state index in [4.69, 9.17) is 5.11 Å². The van der Waals surface area contributed by atoms with E-state index in [1.165, 1.54) is 28.5 Å². The van der Waals surface area contributed by atoms with Crippen molar-refractivity contribution in [1.82, 2.24) is 9.88 Å². The van der Waals surface area contributed by atoms with Crippen molar-refractivity contribution in [3.8, 4) is 0 Å². The number of thiazole rings is 1. The Morgan fingerprint density at radius 2 is 2.13 bits per heavy atom. The number of nitrogens with zero attached hydrogens (tertiary/aromatic N) is 2. The van der Waals surface area contributed by atoms with Gasteiger partial charge < -0.3 is 10.2 Å². The van der Waals surface area contributed by atoms with Crippen LogP contribution in [0.3, 0.4) is 0 Å².